The fourth-order valence-corrected chi connectivity index (χ4v) is 6.88. The largest absolute Gasteiger partial charge is 0.496 e. The van der Waals surface area contributed by atoms with Crippen LogP contribution in [0.3, 0.4) is 0 Å². The van der Waals surface area contributed by atoms with Crippen LogP contribution in [0, 0.1) is 6.92 Å². The molecule has 13 heteroatoms. The van der Waals surface area contributed by atoms with Gasteiger partial charge < -0.3 is 24.2 Å². The number of para-hydroxylation sites is 1. The number of thiophene rings is 1. The Hall–Kier alpha value is -3.16. The highest BCUT2D eigenvalue weighted by Crippen LogP contribution is 2.36. The van der Waals surface area contributed by atoms with Crippen molar-refractivity contribution in [1.29, 1.82) is 0 Å². The zero-order valence-corrected chi connectivity index (χ0v) is 27.8. The lowest BCUT2D eigenvalue weighted by Gasteiger charge is -2.33. The predicted octanol–water partition coefficient (Wildman–Crippen LogP) is 5.28. The molecule has 3 aromatic rings. The van der Waals surface area contributed by atoms with E-state index in [0.717, 1.165) is 4.57 Å². The highest BCUT2D eigenvalue weighted by molar-refractivity contribution is 9.11. The van der Waals surface area contributed by atoms with Crippen molar-refractivity contribution in [3.63, 3.8) is 0 Å². The number of carbonyl (C=O) groups excluding carboxylic acids is 1. The molecule has 2 aromatic heterocycles. The van der Waals surface area contributed by atoms with E-state index in [1.807, 2.05) is 18.2 Å². The minimum atomic E-state index is -1.62. The first-order valence-electron chi connectivity index (χ1n) is 14.0. The Balaban J connectivity index is 1.88. The first-order chi connectivity index (χ1) is 20.1. The number of esters is 1. The molecule has 43 heavy (non-hydrogen) atoms. The molecule has 1 aromatic carbocycles. The second kappa shape index (κ2) is 12.4. The number of methoxy groups -OCH3 is 1. The third-order valence-electron chi connectivity index (χ3n) is 7.52. The van der Waals surface area contributed by atoms with Gasteiger partial charge >= 0.3 is 17.8 Å². The molecule has 0 saturated carbocycles. The van der Waals surface area contributed by atoms with Crippen molar-refractivity contribution < 1.29 is 28.9 Å². The van der Waals surface area contributed by atoms with Crippen LogP contribution in [0.2, 0.25) is 0 Å². The van der Waals surface area contributed by atoms with Crippen LogP contribution < -0.4 is 16.0 Å². The molecule has 1 amide bonds. The molecule has 1 unspecified atom stereocenters. The molecule has 1 atom stereocenters. The minimum absolute atomic E-state index is 0.00588. The van der Waals surface area contributed by atoms with Gasteiger partial charge in [-0.3, -0.25) is 9.36 Å². The molecule has 1 aliphatic rings. The van der Waals surface area contributed by atoms with Gasteiger partial charge in [0, 0.05) is 18.7 Å². The van der Waals surface area contributed by atoms with E-state index in [0.29, 0.717) is 56.8 Å². The zero-order valence-electron chi connectivity index (χ0n) is 25.4. The van der Waals surface area contributed by atoms with Crippen LogP contribution in [0.1, 0.15) is 64.7 Å². The standard InChI is InChI=1S/C30H38BrN3O8S/c1-17-22-24(35)34(30(5,6)26(36)42-29(2,3)4)27(37)33(25(22)43-23(17)31)16-21(19-10-8-9-11-20(19)40-7)41-18-12-14-32(15-13-18)28(38)39/h8-11,18,21H,12-16H2,1-7H3,(H,38,39). The van der Waals surface area contributed by atoms with Gasteiger partial charge in [-0.1, -0.05) is 18.2 Å². The molecule has 0 radical (unpaired) electrons. The minimum Gasteiger partial charge on any atom is -0.496 e. The number of hydrogen-bond donors (Lipinski definition) is 1. The number of likely N-dealkylation sites (tertiary alicyclic amines) is 1. The molecule has 234 valence electrons. The number of ether oxygens (including phenoxy) is 3. The lowest BCUT2D eigenvalue weighted by atomic mass is 10.0. The number of amides is 1. The Morgan fingerprint density at radius 2 is 1.74 bits per heavy atom. The topological polar surface area (TPSA) is 129 Å². The first kappa shape index (κ1) is 32.7. The molecule has 0 aliphatic carbocycles. The van der Waals surface area contributed by atoms with Gasteiger partial charge in [-0.05, 0) is 81.9 Å². The van der Waals surface area contributed by atoms with Gasteiger partial charge in [0.15, 0.2) is 0 Å². The van der Waals surface area contributed by atoms with E-state index in [9.17, 15) is 24.3 Å². The summed E-state index contributed by atoms with van der Waals surface area (Å²) in [6, 6.07) is 7.33. The Morgan fingerprint density at radius 1 is 1.12 bits per heavy atom. The van der Waals surface area contributed by atoms with Crippen molar-refractivity contribution in [2.75, 3.05) is 20.2 Å². The number of carbonyl (C=O) groups is 2. The van der Waals surface area contributed by atoms with Crippen molar-refractivity contribution in [2.24, 2.45) is 0 Å². The predicted molar refractivity (Wildman–Crippen MR) is 167 cm³/mol. The second-order valence-electron chi connectivity index (χ2n) is 12.1. The highest BCUT2D eigenvalue weighted by Gasteiger charge is 2.39. The molecule has 0 bridgehead atoms. The lowest BCUT2D eigenvalue weighted by Crippen LogP contribution is -2.54. The van der Waals surface area contributed by atoms with Crippen molar-refractivity contribution in [3.05, 3.63) is 60.0 Å². The fourth-order valence-electron chi connectivity index (χ4n) is 5.20. The van der Waals surface area contributed by atoms with Gasteiger partial charge in [0.1, 0.15) is 27.8 Å². The summed E-state index contributed by atoms with van der Waals surface area (Å²) in [5.41, 5.74) is -2.36. The average molecular weight is 681 g/mol. The molecule has 1 saturated heterocycles. The number of nitrogens with zero attached hydrogens (tertiary/aromatic N) is 3. The summed E-state index contributed by atoms with van der Waals surface area (Å²) in [6.07, 6.45) is -0.983. The Morgan fingerprint density at radius 3 is 2.33 bits per heavy atom. The monoisotopic (exact) mass is 679 g/mol. The van der Waals surface area contributed by atoms with Gasteiger partial charge in [-0.15, -0.1) is 11.3 Å². The van der Waals surface area contributed by atoms with Gasteiger partial charge in [-0.2, -0.15) is 0 Å². The SMILES string of the molecule is COc1ccccc1C(Cn1c(=O)n(C(C)(C)C(=O)OC(C)(C)C)c(=O)c2c(C)c(Br)sc21)OC1CCN(C(=O)O)CC1. The molecule has 0 spiro atoms. The number of benzene rings is 1. The number of fused-ring (bicyclic) bond motifs is 1. The van der Waals surface area contributed by atoms with Gasteiger partial charge in [0.25, 0.3) is 5.56 Å². The maximum absolute atomic E-state index is 14.3. The normalized spacial score (nSPS) is 15.5. The maximum atomic E-state index is 14.3. The Bertz CT molecular complexity index is 1640. The summed E-state index contributed by atoms with van der Waals surface area (Å²) in [4.78, 5) is 54.9. The molecular formula is C30H38BrN3O8S. The molecule has 1 N–H and O–H groups in total. The maximum Gasteiger partial charge on any atom is 0.407 e. The summed E-state index contributed by atoms with van der Waals surface area (Å²) < 4.78 is 21.0. The summed E-state index contributed by atoms with van der Waals surface area (Å²) in [5.74, 6) is -0.148. The summed E-state index contributed by atoms with van der Waals surface area (Å²) in [5, 5.41) is 9.71. The number of halogens is 1. The summed E-state index contributed by atoms with van der Waals surface area (Å²) in [7, 11) is 1.55. The quantitative estimate of drug-likeness (QED) is 0.319. The van der Waals surface area contributed by atoms with Crippen LogP contribution in [-0.2, 0) is 26.4 Å². The van der Waals surface area contributed by atoms with Crippen molar-refractivity contribution >= 4 is 49.5 Å². The van der Waals surface area contributed by atoms with Crippen molar-refractivity contribution in [2.45, 2.75) is 84.3 Å². The Labute approximate surface area is 262 Å². The smallest absolute Gasteiger partial charge is 0.407 e. The van der Waals surface area contributed by atoms with E-state index in [2.05, 4.69) is 15.9 Å². The van der Waals surface area contributed by atoms with E-state index >= 15 is 0 Å². The van der Waals surface area contributed by atoms with E-state index in [1.54, 1.807) is 40.9 Å². The lowest BCUT2D eigenvalue weighted by molar-refractivity contribution is -0.164. The molecular weight excluding hydrogens is 642 g/mol. The van der Waals surface area contributed by atoms with E-state index in [-0.39, 0.29) is 12.6 Å². The second-order valence-corrected chi connectivity index (χ2v) is 14.4. The molecule has 1 aliphatic heterocycles. The van der Waals surface area contributed by atoms with Gasteiger partial charge in [0.2, 0.25) is 0 Å². The highest BCUT2D eigenvalue weighted by atomic mass is 79.9. The number of piperidine rings is 1. The summed E-state index contributed by atoms with van der Waals surface area (Å²) >= 11 is 4.80. The van der Waals surface area contributed by atoms with Crippen LogP contribution in [0.15, 0.2) is 37.6 Å². The van der Waals surface area contributed by atoms with Gasteiger partial charge in [0.05, 0.1) is 28.9 Å². The zero-order chi connectivity index (χ0) is 31.9. The van der Waals surface area contributed by atoms with Crippen LogP contribution >= 0.6 is 27.3 Å². The third kappa shape index (κ3) is 6.68. The Kier molecular flexibility index (Phi) is 9.48. The average Bonchev–Trinajstić information content (AvgIpc) is 3.23. The van der Waals surface area contributed by atoms with Crippen molar-refractivity contribution in [3.8, 4) is 5.75 Å². The van der Waals surface area contributed by atoms with E-state index in [1.165, 1.54) is 34.7 Å². The van der Waals surface area contributed by atoms with E-state index < -0.39 is 40.6 Å². The van der Waals surface area contributed by atoms with Crippen LogP contribution in [0.4, 0.5) is 4.79 Å². The number of rotatable bonds is 8. The third-order valence-corrected chi connectivity index (χ3v) is 9.70. The van der Waals surface area contributed by atoms with Crippen LogP contribution in [0.5, 0.6) is 5.75 Å². The number of aryl methyl sites for hydroxylation is 1. The molecule has 3 heterocycles. The van der Waals surface area contributed by atoms with Gasteiger partial charge in [-0.25, -0.2) is 19.0 Å². The first-order valence-corrected chi connectivity index (χ1v) is 15.6. The van der Waals surface area contributed by atoms with Crippen LogP contribution in [0.25, 0.3) is 10.2 Å². The number of aromatic nitrogens is 2. The fraction of sp³-hybridized carbons (Fsp3) is 0.533. The molecule has 11 nitrogen and oxygen atoms in total. The van der Waals surface area contributed by atoms with Crippen molar-refractivity contribution in [1.82, 2.24) is 14.0 Å². The summed E-state index contributed by atoms with van der Waals surface area (Å²) in [6.45, 7) is 10.6. The van der Waals surface area contributed by atoms with Crippen LogP contribution in [-0.4, -0.2) is 63.1 Å². The molecule has 4 rings (SSSR count). The number of hydrogen-bond acceptors (Lipinski definition) is 8. The van der Waals surface area contributed by atoms with E-state index in [4.69, 9.17) is 14.2 Å². The molecule has 1 fully saturated rings. The number of carboxylic acid groups (broad SMARTS) is 1.